The van der Waals surface area contributed by atoms with Gasteiger partial charge in [-0.15, -0.1) is 0 Å². The fraction of sp³-hybridized carbons (Fsp3) is 0.533. The summed E-state index contributed by atoms with van der Waals surface area (Å²) >= 11 is 0. The molecule has 1 unspecified atom stereocenters. The number of carbonyl (C=O) groups is 1. The van der Waals surface area contributed by atoms with Crippen molar-refractivity contribution in [3.63, 3.8) is 0 Å². The van der Waals surface area contributed by atoms with E-state index in [9.17, 15) is 4.79 Å². The molecule has 0 amide bonds. The van der Waals surface area contributed by atoms with Crippen LogP contribution in [0.2, 0.25) is 0 Å². The third kappa shape index (κ3) is 3.49. The van der Waals surface area contributed by atoms with Gasteiger partial charge in [-0.3, -0.25) is 4.79 Å². The van der Waals surface area contributed by atoms with Gasteiger partial charge in [0.25, 0.3) is 0 Å². The van der Waals surface area contributed by atoms with Crippen molar-refractivity contribution in [3.8, 4) is 0 Å². The summed E-state index contributed by atoms with van der Waals surface area (Å²) < 4.78 is 5.15. The van der Waals surface area contributed by atoms with Crippen molar-refractivity contribution >= 4 is 11.7 Å². The average Bonchev–Trinajstić information content (AvgIpc) is 2.29. The number of hydrogen-bond donors (Lipinski definition) is 0. The lowest BCUT2D eigenvalue weighted by atomic mass is 9.88. The molecule has 0 fully saturated rings. The van der Waals surface area contributed by atoms with Crippen LogP contribution in [0.1, 0.15) is 32.3 Å². The number of esters is 1. The fourth-order valence-corrected chi connectivity index (χ4v) is 2.00. The molecular formula is C15H23NO2. The predicted octanol–water partition coefficient (Wildman–Crippen LogP) is 3.06. The molecule has 100 valence electrons. The van der Waals surface area contributed by atoms with Crippen molar-refractivity contribution in [3.05, 3.63) is 29.8 Å². The van der Waals surface area contributed by atoms with Crippen molar-refractivity contribution in [1.29, 1.82) is 0 Å². The van der Waals surface area contributed by atoms with E-state index in [-0.39, 0.29) is 17.8 Å². The Hall–Kier alpha value is -1.51. The summed E-state index contributed by atoms with van der Waals surface area (Å²) in [6.45, 7) is 6.35. The van der Waals surface area contributed by atoms with Crippen LogP contribution >= 0.6 is 0 Å². The van der Waals surface area contributed by atoms with Crippen LogP contribution in [0.4, 0.5) is 5.69 Å². The van der Waals surface area contributed by atoms with Crippen LogP contribution in [0.3, 0.4) is 0 Å². The highest BCUT2D eigenvalue weighted by Crippen LogP contribution is 2.27. The molecule has 0 N–H and O–H groups in total. The normalized spacial score (nSPS) is 12.3. The van der Waals surface area contributed by atoms with Gasteiger partial charge < -0.3 is 9.64 Å². The topological polar surface area (TPSA) is 29.5 Å². The van der Waals surface area contributed by atoms with Gasteiger partial charge in [-0.2, -0.15) is 0 Å². The first kappa shape index (κ1) is 14.6. The first-order valence-electron chi connectivity index (χ1n) is 6.41. The summed E-state index contributed by atoms with van der Waals surface area (Å²) in [5.41, 5.74) is 2.15. The summed E-state index contributed by atoms with van der Waals surface area (Å²) in [6.07, 6.45) is 0. The molecule has 0 bridgehead atoms. The number of benzene rings is 1. The third-order valence-corrected chi connectivity index (χ3v) is 2.98. The molecular weight excluding hydrogens is 226 g/mol. The van der Waals surface area contributed by atoms with Crippen LogP contribution in [0.5, 0.6) is 0 Å². The van der Waals surface area contributed by atoms with Crippen molar-refractivity contribution in [2.45, 2.75) is 26.7 Å². The summed E-state index contributed by atoms with van der Waals surface area (Å²) in [7, 11) is 4.00. The molecule has 0 radical (unpaired) electrons. The predicted molar refractivity (Wildman–Crippen MR) is 75.0 cm³/mol. The molecule has 1 aromatic rings. The highest BCUT2D eigenvalue weighted by Gasteiger charge is 2.25. The van der Waals surface area contributed by atoms with Crippen molar-refractivity contribution in [2.24, 2.45) is 5.92 Å². The van der Waals surface area contributed by atoms with Gasteiger partial charge in [0.2, 0.25) is 0 Å². The zero-order valence-electron chi connectivity index (χ0n) is 11.9. The Kier molecular flexibility index (Phi) is 5.20. The van der Waals surface area contributed by atoms with Gasteiger partial charge in [0.05, 0.1) is 12.5 Å². The Morgan fingerprint density at radius 3 is 2.17 bits per heavy atom. The minimum absolute atomic E-state index is 0.134. The Morgan fingerprint density at radius 2 is 1.78 bits per heavy atom. The minimum atomic E-state index is -0.179. The van der Waals surface area contributed by atoms with E-state index >= 15 is 0 Å². The van der Waals surface area contributed by atoms with E-state index in [1.54, 1.807) is 0 Å². The lowest BCUT2D eigenvalue weighted by Crippen LogP contribution is -2.21. The molecule has 0 aliphatic rings. The molecule has 1 atom stereocenters. The van der Waals surface area contributed by atoms with Gasteiger partial charge in [-0.1, -0.05) is 26.0 Å². The monoisotopic (exact) mass is 249 g/mol. The van der Waals surface area contributed by atoms with Gasteiger partial charge in [-0.25, -0.2) is 0 Å². The van der Waals surface area contributed by atoms with E-state index in [0.717, 1.165) is 11.3 Å². The zero-order valence-corrected chi connectivity index (χ0v) is 11.9. The molecule has 0 spiro atoms. The van der Waals surface area contributed by atoms with E-state index < -0.39 is 0 Å². The number of hydrogen-bond acceptors (Lipinski definition) is 3. The molecule has 0 saturated carbocycles. The quantitative estimate of drug-likeness (QED) is 0.751. The maximum atomic E-state index is 12.0. The van der Waals surface area contributed by atoms with E-state index in [2.05, 4.69) is 0 Å². The van der Waals surface area contributed by atoms with Gasteiger partial charge in [0.1, 0.15) is 0 Å². The lowest BCUT2D eigenvalue weighted by molar-refractivity contribution is -0.146. The fourth-order valence-electron chi connectivity index (χ4n) is 2.00. The molecule has 1 aromatic carbocycles. The maximum Gasteiger partial charge on any atom is 0.313 e. The average molecular weight is 249 g/mol. The smallest absolute Gasteiger partial charge is 0.313 e. The van der Waals surface area contributed by atoms with E-state index in [1.807, 2.05) is 64.0 Å². The summed E-state index contributed by atoms with van der Waals surface area (Å²) in [4.78, 5) is 14.0. The molecule has 3 nitrogen and oxygen atoms in total. The second-order valence-electron chi connectivity index (χ2n) is 4.96. The largest absolute Gasteiger partial charge is 0.466 e. The van der Waals surface area contributed by atoms with Crippen LogP contribution in [0, 0.1) is 5.92 Å². The summed E-state index contributed by atoms with van der Waals surface area (Å²) in [5.74, 6) is -0.0829. The van der Waals surface area contributed by atoms with E-state index in [1.165, 1.54) is 0 Å². The highest BCUT2D eigenvalue weighted by atomic mass is 16.5. The Bertz CT molecular complexity index is 382. The molecule has 0 aliphatic heterocycles. The van der Waals surface area contributed by atoms with E-state index in [0.29, 0.717) is 6.61 Å². The first-order valence-corrected chi connectivity index (χ1v) is 6.41. The Labute approximate surface area is 110 Å². The summed E-state index contributed by atoms with van der Waals surface area (Å²) in [5, 5.41) is 0. The molecule has 0 heterocycles. The molecule has 0 aromatic heterocycles. The van der Waals surface area contributed by atoms with Crippen LogP contribution in [-0.4, -0.2) is 26.7 Å². The number of anilines is 1. The Balaban J connectivity index is 2.96. The number of nitrogens with zero attached hydrogens (tertiary/aromatic N) is 1. The molecule has 18 heavy (non-hydrogen) atoms. The van der Waals surface area contributed by atoms with Gasteiger partial charge in [0, 0.05) is 19.8 Å². The van der Waals surface area contributed by atoms with Gasteiger partial charge in [-0.05, 0) is 30.5 Å². The van der Waals surface area contributed by atoms with Crippen molar-refractivity contribution in [2.75, 3.05) is 25.6 Å². The van der Waals surface area contributed by atoms with Gasteiger partial charge >= 0.3 is 5.97 Å². The molecule has 0 saturated heterocycles. The van der Waals surface area contributed by atoms with Gasteiger partial charge in [0.15, 0.2) is 0 Å². The van der Waals surface area contributed by atoms with Crippen molar-refractivity contribution < 1.29 is 9.53 Å². The standard InChI is InChI=1S/C15H23NO2/c1-6-18-15(17)14(11(2)3)12-7-9-13(10-8-12)16(4)5/h7-11,14H,6H2,1-5H3. The third-order valence-electron chi connectivity index (χ3n) is 2.98. The number of carbonyl (C=O) groups excluding carboxylic acids is 1. The lowest BCUT2D eigenvalue weighted by Gasteiger charge is -2.20. The first-order chi connectivity index (χ1) is 8.47. The Morgan fingerprint density at radius 1 is 1.22 bits per heavy atom. The molecule has 0 aliphatic carbocycles. The highest BCUT2D eigenvalue weighted by molar-refractivity contribution is 5.78. The number of rotatable bonds is 5. The molecule has 1 rings (SSSR count). The second kappa shape index (κ2) is 6.43. The van der Waals surface area contributed by atoms with Crippen LogP contribution in [-0.2, 0) is 9.53 Å². The number of ether oxygens (including phenoxy) is 1. The summed E-state index contributed by atoms with van der Waals surface area (Å²) in [6, 6.07) is 8.09. The van der Waals surface area contributed by atoms with Crippen LogP contribution in [0.15, 0.2) is 24.3 Å². The van der Waals surface area contributed by atoms with Crippen LogP contribution < -0.4 is 4.90 Å². The van der Waals surface area contributed by atoms with Crippen LogP contribution in [0.25, 0.3) is 0 Å². The maximum absolute atomic E-state index is 12.0. The van der Waals surface area contributed by atoms with E-state index in [4.69, 9.17) is 4.74 Å². The second-order valence-corrected chi connectivity index (χ2v) is 4.96. The van der Waals surface area contributed by atoms with Crippen molar-refractivity contribution in [1.82, 2.24) is 0 Å². The zero-order chi connectivity index (χ0) is 13.7. The minimum Gasteiger partial charge on any atom is -0.466 e. The molecule has 3 heteroatoms. The SMILES string of the molecule is CCOC(=O)C(c1ccc(N(C)C)cc1)C(C)C.